The number of piperazine rings is 1. The van der Waals surface area contributed by atoms with E-state index in [-0.39, 0.29) is 27.9 Å². The lowest BCUT2D eigenvalue weighted by Gasteiger charge is -2.33. The topological polar surface area (TPSA) is 119 Å². The minimum absolute atomic E-state index is 0.0366. The Balaban J connectivity index is 2.43. The van der Waals surface area contributed by atoms with Gasteiger partial charge in [-0.15, -0.1) is 0 Å². The molecule has 1 aliphatic heterocycles. The maximum atomic E-state index is 12.5. The van der Waals surface area contributed by atoms with E-state index in [1.807, 2.05) is 0 Å². The van der Waals surface area contributed by atoms with Gasteiger partial charge in [0.25, 0.3) is 11.6 Å². The molecule has 2 amide bonds. The van der Waals surface area contributed by atoms with Crippen LogP contribution in [0.25, 0.3) is 0 Å². The van der Waals surface area contributed by atoms with Gasteiger partial charge in [-0.25, -0.2) is 0 Å². The van der Waals surface area contributed by atoms with Gasteiger partial charge in [-0.1, -0.05) is 11.6 Å². The Hall–Kier alpha value is -2.35. The second-order valence-corrected chi connectivity index (χ2v) is 5.02. The maximum Gasteiger partial charge on any atom is 0.271 e. The summed E-state index contributed by atoms with van der Waals surface area (Å²) in [5.41, 5.74) is 5.30. The number of rotatable bonds is 2. The Morgan fingerprint density at radius 1 is 1.57 bits per heavy atom. The first kappa shape index (κ1) is 15.0. The van der Waals surface area contributed by atoms with Crippen LogP contribution in [0, 0.1) is 10.1 Å². The first-order valence-corrected chi connectivity index (χ1v) is 6.52. The summed E-state index contributed by atoms with van der Waals surface area (Å²) in [7, 11) is 0. The number of anilines is 1. The van der Waals surface area contributed by atoms with Crippen LogP contribution in [-0.2, 0) is 4.79 Å². The highest BCUT2D eigenvalue weighted by atomic mass is 35.5. The van der Waals surface area contributed by atoms with Crippen LogP contribution in [-0.4, -0.2) is 40.8 Å². The molecule has 112 valence electrons. The lowest BCUT2D eigenvalue weighted by Crippen LogP contribution is -2.55. The second kappa shape index (κ2) is 5.57. The molecular formula is C12H13ClN4O4. The van der Waals surface area contributed by atoms with Crippen molar-refractivity contribution in [1.82, 2.24) is 10.2 Å². The minimum Gasteiger partial charge on any atom is -0.397 e. The molecule has 0 aromatic heterocycles. The largest absolute Gasteiger partial charge is 0.397 e. The van der Waals surface area contributed by atoms with Gasteiger partial charge in [-0.05, 0) is 6.92 Å². The van der Waals surface area contributed by atoms with Gasteiger partial charge in [0, 0.05) is 25.2 Å². The van der Waals surface area contributed by atoms with E-state index in [4.69, 9.17) is 17.3 Å². The Bertz CT molecular complexity index is 634. The number of carbonyl (C=O) groups excluding carboxylic acids is 2. The third-order valence-electron chi connectivity index (χ3n) is 3.32. The van der Waals surface area contributed by atoms with Crippen LogP contribution in [0.1, 0.15) is 17.3 Å². The van der Waals surface area contributed by atoms with Gasteiger partial charge < -0.3 is 16.0 Å². The molecule has 1 aliphatic rings. The molecule has 21 heavy (non-hydrogen) atoms. The van der Waals surface area contributed by atoms with E-state index in [9.17, 15) is 19.7 Å². The van der Waals surface area contributed by atoms with Gasteiger partial charge in [0.1, 0.15) is 6.04 Å². The summed E-state index contributed by atoms with van der Waals surface area (Å²) in [6.45, 7) is 2.19. The van der Waals surface area contributed by atoms with Crippen molar-refractivity contribution in [2.75, 3.05) is 18.8 Å². The highest BCUT2D eigenvalue weighted by Crippen LogP contribution is 2.30. The smallest absolute Gasteiger partial charge is 0.271 e. The number of carbonyl (C=O) groups is 2. The molecule has 3 N–H and O–H groups in total. The summed E-state index contributed by atoms with van der Waals surface area (Å²) >= 11 is 5.83. The highest BCUT2D eigenvalue weighted by Gasteiger charge is 2.32. The van der Waals surface area contributed by atoms with E-state index in [0.29, 0.717) is 13.1 Å². The summed E-state index contributed by atoms with van der Waals surface area (Å²) < 4.78 is 0. The quantitative estimate of drug-likeness (QED) is 0.475. The van der Waals surface area contributed by atoms with E-state index in [1.54, 1.807) is 6.92 Å². The molecule has 9 heteroatoms. The van der Waals surface area contributed by atoms with Crippen LogP contribution in [0.5, 0.6) is 0 Å². The van der Waals surface area contributed by atoms with Crippen molar-refractivity contribution in [1.29, 1.82) is 0 Å². The third kappa shape index (κ3) is 2.75. The van der Waals surface area contributed by atoms with Crippen LogP contribution >= 0.6 is 11.6 Å². The van der Waals surface area contributed by atoms with E-state index >= 15 is 0 Å². The Kier molecular flexibility index (Phi) is 3.99. The Labute approximate surface area is 125 Å². The van der Waals surface area contributed by atoms with Gasteiger partial charge >= 0.3 is 0 Å². The molecule has 0 aliphatic carbocycles. The summed E-state index contributed by atoms with van der Waals surface area (Å²) in [5.74, 6) is -0.842. The predicted octanol–water partition coefficient (Wildman–Crippen LogP) is 0.791. The molecule has 1 aromatic rings. The molecule has 1 atom stereocenters. The normalized spacial score (nSPS) is 18.3. The number of non-ortho nitro benzene ring substituents is 1. The first-order valence-electron chi connectivity index (χ1n) is 6.15. The fraction of sp³-hybridized carbons (Fsp3) is 0.333. The summed E-state index contributed by atoms with van der Waals surface area (Å²) in [6.07, 6.45) is 0. The summed E-state index contributed by atoms with van der Waals surface area (Å²) in [4.78, 5) is 35.6. The number of benzene rings is 1. The number of halogens is 1. The number of nitro groups is 1. The van der Waals surface area contributed by atoms with Crippen molar-refractivity contribution >= 4 is 34.8 Å². The average Bonchev–Trinajstić information content (AvgIpc) is 2.43. The number of nitrogens with two attached hydrogens (primary N) is 1. The van der Waals surface area contributed by atoms with Crippen LogP contribution in [0.3, 0.4) is 0 Å². The monoisotopic (exact) mass is 312 g/mol. The van der Waals surface area contributed by atoms with Crippen molar-refractivity contribution in [2.24, 2.45) is 0 Å². The molecule has 0 radical (unpaired) electrons. The maximum absolute atomic E-state index is 12.5. The van der Waals surface area contributed by atoms with Crippen LogP contribution in [0.4, 0.5) is 11.4 Å². The third-order valence-corrected chi connectivity index (χ3v) is 3.63. The first-order chi connectivity index (χ1) is 9.82. The lowest BCUT2D eigenvalue weighted by atomic mass is 10.1. The molecule has 2 rings (SSSR count). The van der Waals surface area contributed by atoms with Gasteiger partial charge in [0.05, 0.1) is 21.2 Å². The molecule has 0 bridgehead atoms. The van der Waals surface area contributed by atoms with E-state index in [1.165, 1.54) is 4.90 Å². The second-order valence-electron chi connectivity index (χ2n) is 4.61. The van der Waals surface area contributed by atoms with Crippen molar-refractivity contribution in [3.8, 4) is 0 Å². The molecule has 1 saturated heterocycles. The van der Waals surface area contributed by atoms with Crippen LogP contribution < -0.4 is 11.1 Å². The molecule has 8 nitrogen and oxygen atoms in total. The van der Waals surface area contributed by atoms with Crippen molar-refractivity contribution in [3.63, 3.8) is 0 Å². The van der Waals surface area contributed by atoms with Crippen molar-refractivity contribution in [3.05, 3.63) is 32.8 Å². The van der Waals surface area contributed by atoms with Crippen molar-refractivity contribution in [2.45, 2.75) is 13.0 Å². The predicted molar refractivity (Wildman–Crippen MR) is 76.0 cm³/mol. The highest BCUT2D eigenvalue weighted by molar-refractivity contribution is 6.34. The summed E-state index contributed by atoms with van der Waals surface area (Å²) in [5, 5.41) is 13.4. The zero-order chi connectivity index (χ0) is 15.7. The number of hydrogen-bond donors (Lipinski definition) is 2. The van der Waals surface area contributed by atoms with Gasteiger partial charge in [0.2, 0.25) is 5.91 Å². The van der Waals surface area contributed by atoms with Gasteiger partial charge in [-0.3, -0.25) is 19.7 Å². The molecule has 0 spiro atoms. The van der Waals surface area contributed by atoms with Gasteiger partial charge in [-0.2, -0.15) is 0 Å². The number of nitrogen functional groups attached to an aromatic ring is 1. The standard InChI is InChI=1S/C12H13ClN4O4/c1-6-11(18)15-2-3-16(6)12(19)8-4-7(17(20)21)5-9(13)10(8)14/h4-6H,2-3,14H2,1H3,(H,15,18). The lowest BCUT2D eigenvalue weighted by molar-refractivity contribution is -0.384. The fourth-order valence-corrected chi connectivity index (χ4v) is 2.31. The average molecular weight is 313 g/mol. The van der Waals surface area contributed by atoms with E-state index in [2.05, 4.69) is 5.32 Å². The zero-order valence-corrected chi connectivity index (χ0v) is 11.9. The fourth-order valence-electron chi connectivity index (χ4n) is 2.10. The van der Waals surface area contributed by atoms with Crippen LogP contribution in [0.15, 0.2) is 12.1 Å². The molecule has 1 fully saturated rings. The number of nitro benzene ring substituents is 1. The number of amides is 2. The number of nitrogens with zero attached hydrogens (tertiary/aromatic N) is 2. The summed E-state index contributed by atoms with van der Waals surface area (Å²) in [6, 6.07) is 1.48. The SMILES string of the molecule is CC1C(=O)NCCN1C(=O)c1cc([N+](=O)[O-])cc(Cl)c1N. The van der Waals surface area contributed by atoms with Crippen LogP contribution in [0.2, 0.25) is 5.02 Å². The molecule has 0 saturated carbocycles. The van der Waals surface area contributed by atoms with Gasteiger partial charge in [0.15, 0.2) is 0 Å². The Morgan fingerprint density at radius 2 is 2.24 bits per heavy atom. The van der Waals surface area contributed by atoms with E-state index in [0.717, 1.165) is 12.1 Å². The Morgan fingerprint density at radius 3 is 2.86 bits per heavy atom. The van der Waals surface area contributed by atoms with Crippen molar-refractivity contribution < 1.29 is 14.5 Å². The zero-order valence-electron chi connectivity index (χ0n) is 11.1. The molecule has 1 heterocycles. The number of nitrogens with one attached hydrogen (secondary N) is 1. The molecule has 1 unspecified atom stereocenters. The molecule has 1 aromatic carbocycles. The van der Waals surface area contributed by atoms with E-state index < -0.39 is 16.9 Å². The molecular weight excluding hydrogens is 300 g/mol. The minimum atomic E-state index is -0.677. The number of hydrogen-bond acceptors (Lipinski definition) is 5.